The molecule has 2 aliphatic rings. The Labute approximate surface area is 190 Å². The molecule has 0 spiro atoms. The van der Waals surface area contributed by atoms with E-state index in [4.69, 9.17) is 10.2 Å². The molecule has 4 rings (SSSR count). The first-order valence-corrected chi connectivity index (χ1v) is 11.7. The first-order valence-electron chi connectivity index (χ1n) is 9.97. The number of hydrogen-bond donors (Lipinski definition) is 5. The van der Waals surface area contributed by atoms with E-state index in [1.165, 1.54) is 73.2 Å². The van der Waals surface area contributed by atoms with Crippen LogP contribution in [0, 0.1) is 11.3 Å². The van der Waals surface area contributed by atoms with Gasteiger partial charge in [0, 0.05) is 7.05 Å². The van der Waals surface area contributed by atoms with E-state index in [0.717, 1.165) is 34.6 Å². The predicted molar refractivity (Wildman–Crippen MR) is 123 cm³/mol. The molecule has 2 amide bonds. The third kappa shape index (κ3) is 6.41. The summed E-state index contributed by atoms with van der Waals surface area (Å²) in [5.74, 6) is 0. The van der Waals surface area contributed by atoms with Gasteiger partial charge in [-0.25, -0.2) is 9.78 Å². The van der Waals surface area contributed by atoms with Gasteiger partial charge >= 0.3 is 6.03 Å². The Morgan fingerprint density at radius 2 is 1.87 bits per heavy atom. The van der Waals surface area contributed by atoms with E-state index in [9.17, 15) is 15.2 Å². The normalized spacial score (nSPS) is 15.2. The number of nitriles is 1. The minimum Gasteiger partial charge on any atom is -0.393 e. The van der Waals surface area contributed by atoms with Gasteiger partial charge in [-0.15, -0.1) is 11.3 Å². The van der Waals surface area contributed by atoms with Gasteiger partial charge in [0.15, 0.2) is 0 Å². The minimum atomic E-state index is -1.25. The van der Waals surface area contributed by atoms with Gasteiger partial charge in [-0.05, 0) is 79.7 Å². The van der Waals surface area contributed by atoms with E-state index in [1.54, 1.807) is 6.20 Å². The third-order valence-corrected chi connectivity index (χ3v) is 7.12. The van der Waals surface area contributed by atoms with Gasteiger partial charge in [-0.1, -0.05) is 6.07 Å². The van der Waals surface area contributed by atoms with Gasteiger partial charge in [0.05, 0.1) is 28.6 Å². The molecule has 1 heterocycles. The molecule has 2 aromatic rings. The highest BCUT2D eigenvalue weighted by molar-refractivity contribution is 7.99. The van der Waals surface area contributed by atoms with Crippen molar-refractivity contribution in [3.63, 3.8) is 0 Å². The summed E-state index contributed by atoms with van der Waals surface area (Å²) < 4.78 is 0.818. The summed E-state index contributed by atoms with van der Waals surface area (Å²) in [4.78, 5) is 13.4. The number of hydrogen-bond acceptors (Lipinski definition) is 8. The van der Waals surface area contributed by atoms with Crippen LogP contribution in [0.5, 0.6) is 0 Å². The second-order valence-corrected chi connectivity index (χ2v) is 9.46. The van der Waals surface area contributed by atoms with E-state index in [2.05, 4.69) is 28.2 Å². The van der Waals surface area contributed by atoms with Crippen LogP contribution in [0.2, 0.25) is 0 Å². The van der Waals surface area contributed by atoms with Gasteiger partial charge in [-0.3, -0.25) is 5.14 Å². The number of benzene rings is 1. The first-order chi connectivity index (χ1) is 14.8. The number of urea groups is 1. The van der Waals surface area contributed by atoms with Crippen LogP contribution in [0.3, 0.4) is 0 Å². The number of nitrogens with one attached hydrogen (secondary N) is 1. The van der Waals surface area contributed by atoms with Crippen molar-refractivity contribution < 1.29 is 15.0 Å². The summed E-state index contributed by atoms with van der Waals surface area (Å²) in [7, 11) is 1.47. The maximum absolute atomic E-state index is 9.55. The predicted octanol–water partition coefficient (Wildman–Crippen LogP) is 2.13. The average molecular weight is 464 g/mol. The van der Waals surface area contributed by atoms with Crippen LogP contribution in [0.25, 0.3) is 0 Å². The standard InChI is InChI=1S/C13H13N.C6H10N2O2S2.C2H6N2O/c14-8-13-11-5-1-3-9(11)7-10-4-2-6-12(10)13;1-6(10,3-9)5-8-2-4(11-5)12-7;1-4-2(3)5/h7H,1-6H2;2,9-10H,3,7H2,1H3;1H3,(H3,3,4,5). The average Bonchev–Trinajstić information content (AvgIpc) is 3.52. The van der Waals surface area contributed by atoms with E-state index < -0.39 is 11.6 Å². The number of aliphatic hydroxyl groups is 2. The highest BCUT2D eigenvalue weighted by Crippen LogP contribution is 2.34. The number of primary amides is 1. The van der Waals surface area contributed by atoms with Gasteiger partial charge < -0.3 is 21.3 Å². The molecule has 7 N–H and O–H groups in total. The molecule has 0 fully saturated rings. The molecule has 168 valence electrons. The Balaban J connectivity index is 0.000000184. The molecule has 0 radical (unpaired) electrons. The van der Waals surface area contributed by atoms with Crippen LogP contribution in [-0.4, -0.2) is 34.9 Å². The maximum atomic E-state index is 9.55. The topological polar surface area (TPSA) is 158 Å². The SMILES string of the molecule is CC(O)(CO)c1ncc(SN)s1.CNC(N)=O.N#Cc1c2c(cc3c1CCC3)CCC2. The molecule has 0 bridgehead atoms. The third-order valence-electron chi connectivity index (χ3n) is 5.20. The second-order valence-electron chi connectivity index (χ2n) is 7.49. The van der Waals surface area contributed by atoms with Crippen molar-refractivity contribution in [3.05, 3.63) is 45.1 Å². The van der Waals surface area contributed by atoms with Gasteiger partial charge in [0.1, 0.15) is 10.6 Å². The number of nitrogens with two attached hydrogens (primary N) is 2. The lowest BCUT2D eigenvalue weighted by Crippen LogP contribution is -2.25. The molecule has 10 heteroatoms. The Bertz CT molecular complexity index is 921. The highest BCUT2D eigenvalue weighted by atomic mass is 32.2. The fraction of sp³-hybridized carbons (Fsp3) is 0.476. The molecule has 0 aliphatic heterocycles. The zero-order valence-electron chi connectivity index (χ0n) is 17.8. The van der Waals surface area contributed by atoms with Crippen LogP contribution in [0.15, 0.2) is 16.5 Å². The number of rotatable bonds is 3. The summed E-state index contributed by atoms with van der Waals surface area (Å²) in [6, 6.07) is 4.30. The molecule has 1 atom stereocenters. The number of nitrogens with zero attached hydrogens (tertiary/aromatic N) is 2. The van der Waals surface area contributed by atoms with Crippen LogP contribution < -0.4 is 16.2 Å². The van der Waals surface area contributed by atoms with E-state index in [1.807, 2.05) is 0 Å². The van der Waals surface area contributed by atoms with Crippen molar-refractivity contribution in [2.75, 3.05) is 13.7 Å². The smallest absolute Gasteiger partial charge is 0.311 e. The second kappa shape index (κ2) is 11.5. The van der Waals surface area contributed by atoms with Crippen LogP contribution in [0.4, 0.5) is 4.79 Å². The molecule has 8 nitrogen and oxygen atoms in total. The quantitative estimate of drug-likeness (QED) is 0.436. The Morgan fingerprint density at radius 1 is 1.32 bits per heavy atom. The lowest BCUT2D eigenvalue weighted by Gasteiger charge is -2.16. The molecular weight excluding hydrogens is 434 g/mol. The number of fused-ring (bicyclic) bond motifs is 2. The molecule has 1 aromatic carbocycles. The number of carbonyl (C=O) groups is 1. The van der Waals surface area contributed by atoms with Crippen LogP contribution in [0.1, 0.15) is 52.6 Å². The number of carbonyl (C=O) groups excluding carboxylic acids is 1. The van der Waals surface area contributed by atoms with Gasteiger partial charge in [0.25, 0.3) is 0 Å². The molecule has 0 saturated carbocycles. The number of aromatic nitrogens is 1. The molecule has 0 saturated heterocycles. The summed E-state index contributed by atoms with van der Waals surface area (Å²) >= 11 is 2.36. The number of amides is 2. The highest BCUT2D eigenvalue weighted by Gasteiger charge is 2.26. The Kier molecular flexibility index (Phi) is 9.28. The minimum absolute atomic E-state index is 0.338. The van der Waals surface area contributed by atoms with Crippen molar-refractivity contribution in [2.45, 2.75) is 55.3 Å². The van der Waals surface area contributed by atoms with E-state index in [0.29, 0.717) is 5.01 Å². The fourth-order valence-electron chi connectivity index (χ4n) is 3.58. The summed E-state index contributed by atoms with van der Waals surface area (Å²) in [6.45, 7) is 1.17. The van der Waals surface area contributed by atoms with E-state index >= 15 is 0 Å². The van der Waals surface area contributed by atoms with E-state index in [-0.39, 0.29) is 6.61 Å². The molecular formula is C21H29N5O3S2. The largest absolute Gasteiger partial charge is 0.393 e. The first kappa shape index (κ1) is 25.1. The van der Waals surface area contributed by atoms with Gasteiger partial charge in [0.2, 0.25) is 0 Å². The van der Waals surface area contributed by atoms with Crippen LogP contribution >= 0.6 is 23.3 Å². The lowest BCUT2D eigenvalue weighted by atomic mass is 9.95. The fourth-order valence-corrected chi connectivity index (χ4v) is 4.81. The van der Waals surface area contributed by atoms with Crippen molar-refractivity contribution in [3.8, 4) is 6.07 Å². The van der Waals surface area contributed by atoms with Crippen molar-refractivity contribution in [1.29, 1.82) is 5.26 Å². The molecule has 2 aliphatic carbocycles. The zero-order chi connectivity index (χ0) is 23.0. The maximum Gasteiger partial charge on any atom is 0.311 e. The Morgan fingerprint density at radius 3 is 2.26 bits per heavy atom. The summed E-state index contributed by atoms with van der Waals surface area (Å²) in [5, 5.41) is 35.5. The van der Waals surface area contributed by atoms with Crippen molar-refractivity contribution in [2.24, 2.45) is 10.9 Å². The lowest BCUT2D eigenvalue weighted by molar-refractivity contribution is -0.00244. The molecule has 1 aromatic heterocycles. The summed E-state index contributed by atoms with van der Waals surface area (Å²) in [5.41, 5.74) is 9.98. The van der Waals surface area contributed by atoms with Crippen LogP contribution in [-0.2, 0) is 31.3 Å². The monoisotopic (exact) mass is 463 g/mol. The van der Waals surface area contributed by atoms with Crippen molar-refractivity contribution >= 4 is 29.3 Å². The summed E-state index contributed by atoms with van der Waals surface area (Å²) in [6.07, 6.45) is 8.71. The molecule has 31 heavy (non-hydrogen) atoms. The zero-order valence-corrected chi connectivity index (χ0v) is 19.4. The number of aryl methyl sites for hydroxylation is 2. The molecule has 1 unspecified atom stereocenters. The number of aliphatic hydroxyl groups excluding tert-OH is 1. The Hall–Kier alpha value is -2.16. The van der Waals surface area contributed by atoms with Crippen molar-refractivity contribution in [1.82, 2.24) is 10.3 Å². The van der Waals surface area contributed by atoms with Gasteiger partial charge in [-0.2, -0.15) is 5.26 Å². The number of thiazole rings is 1.